The lowest BCUT2D eigenvalue weighted by atomic mass is 10.0. The number of phenols is 1. The van der Waals surface area contributed by atoms with Crippen LogP contribution in [-0.4, -0.2) is 26.0 Å². The number of aromatic hydroxyl groups is 1. The predicted octanol–water partition coefficient (Wildman–Crippen LogP) is 6.39. The van der Waals surface area contributed by atoms with Gasteiger partial charge >= 0.3 is 5.97 Å². The van der Waals surface area contributed by atoms with E-state index in [1.54, 1.807) is 55.5 Å². The van der Waals surface area contributed by atoms with Gasteiger partial charge in [-0.2, -0.15) is 0 Å². The number of benzene rings is 3. The molecular formula is C25H20Cl2N4O4. The van der Waals surface area contributed by atoms with E-state index in [9.17, 15) is 19.8 Å². The number of nitrogens with one attached hydrogen (secondary N) is 1. The van der Waals surface area contributed by atoms with Gasteiger partial charge in [-0.15, -0.1) is 10.2 Å². The van der Waals surface area contributed by atoms with E-state index in [-0.39, 0.29) is 22.7 Å². The summed E-state index contributed by atoms with van der Waals surface area (Å²) in [5.74, 6) is -1.16. The Morgan fingerprint density at radius 2 is 1.69 bits per heavy atom. The highest BCUT2D eigenvalue weighted by molar-refractivity contribution is 6.36. The number of azo groups is 1. The van der Waals surface area contributed by atoms with E-state index in [0.717, 1.165) is 5.56 Å². The number of rotatable bonds is 7. The van der Waals surface area contributed by atoms with E-state index in [2.05, 4.69) is 15.3 Å². The Morgan fingerprint density at radius 3 is 2.40 bits per heavy atom. The summed E-state index contributed by atoms with van der Waals surface area (Å²) in [5, 5.41) is 32.1. The minimum Gasteiger partial charge on any atom is -0.505 e. The number of carboxylic acids is 1. The Labute approximate surface area is 210 Å². The van der Waals surface area contributed by atoms with Gasteiger partial charge in [-0.1, -0.05) is 47.5 Å². The summed E-state index contributed by atoms with van der Waals surface area (Å²) in [5.41, 5.74) is 1.99. The first-order valence-electron chi connectivity index (χ1n) is 10.6. The number of hydrogen-bond donors (Lipinski definition) is 3. The second kappa shape index (κ2) is 10.2. The smallest absolute Gasteiger partial charge is 0.335 e. The number of carbonyl (C=O) groups is 1. The zero-order chi connectivity index (χ0) is 25.1. The molecule has 0 atom stereocenters. The molecule has 0 saturated carbocycles. The summed E-state index contributed by atoms with van der Waals surface area (Å²) in [6.45, 7) is 1.65. The average molecular weight is 511 g/mol. The zero-order valence-corrected chi connectivity index (χ0v) is 20.0. The minimum atomic E-state index is -1.10. The number of halogens is 2. The Hall–Kier alpha value is -3.88. The lowest BCUT2D eigenvalue weighted by molar-refractivity contribution is 0.0697. The van der Waals surface area contributed by atoms with E-state index in [4.69, 9.17) is 23.2 Å². The van der Waals surface area contributed by atoms with Crippen LogP contribution in [0.5, 0.6) is 5.75 Å². The van der Waals surface area contributed by atoms with Crippen molar-refractivity contribution >= 4 is 40.5 Å². The molecule has 0 fully saturated rings. The number of para-hydroxylation sites is 1. The van der Waals surface area contributed by atoms with Crippen LogP contribution in [0.25, 0.3) is 5.69 Å². The largest absolute Gasteiger partial charge is 0.505 e. The van der Waals surface area contributed by atoms with Gasteiger partial charge in [0.2, 0.25) is 0 Å². The molecule has 1 aromatic heterocycles. The molecule has 10 heteroatoms. The van der Waals surface area contributed by atoms with E-state index in [1.807, 2.05) is 0 Å². The third-order valence-electron chi connectivity index (χ3n) is 5.45. The zero-order valence-electron chi connectivity index (χ0n) is 18.5. The summed E-state index contributed by atoms with van der Waals surface area (Å²) in [6.07, 6.45) is 0.984. The van der Waals surface area contributed by atoms with Gasteiger partial charge in [0, 0.05) is 10.0 Å². The van der Waals surface area contributed by atoms with Gasteiger partial charge in [0.15, 0.2) is 5.69 Å². The van der Waals surface area contributed by atoms with E-state index in [0.29, 0.717) is 39.8 Å². The highest BCUT2D eigenvalue weighted by Crippen LogP contribution is 2.33. The van der Waals surface area contributed by atoms with Crippen molar-refractivity contribution in [2.45, 2.75) is 19.8 Å². The van der Waals surface area contributed by atoms with Crippen LogP contribution < -0.4 is 5.56 Å². The molecule has 1 heterocycles. The molecule has 35 heavy (non-hydrogen) atoms. The molecule has 0 unspecified atom stereocenters. The Kier molecular flexibility index (Phi) is 7.04. The molecule has 3 N–H and O–H groups in total. The van der Waals surface area contributed by atoms with Crippen LogP contribution in [0.4, 0.5) is 11.4 Å². The van der Waals surface area contributed by atoms with Crippen LogP contribution in [0, 0.1) is 6.92 Å². The van der Waals surface area contributed by atoms with E-state index < -0.39 is 11.5 Å². The maximum Gasteiger partial charge on any atom is 0.335 e. The first-order valence-corrected chi connectivity index (χ1v) is 11.3. The highest BCUT2D eigenvalue weighted by atomic mass is 35.5. The summed E-state index contributed by atoms with van der Waals surface area (Å²) in [7, 11) is 0. The Balaban J connectivity index is 1.60. The second-order valence-electron chi connectivity index (χ2n) is 7.77. The molecule has 0 saturated heterocycles. The monoisotopic (exact) mass is 510 g/mol. The summed E-state index contributed by atoms with van der Waals surface area (Å²) < 4.78 is 1.19. The number of nitrogens with zero attached hydrogens (tertiary/aromatic N) is 3. The number of carboxylic acid groups (broad SMARTS) is 1. The second-order valence-corrected chi connectivity index (χ2v) is 8.58. The van der Waals surface area contributed by atoms with Crippen molar-refractivity contribution in [3.05, 3.63) is 103 Å². The fourth-order valence-electron chi connectivity index (χ4n) is 3.61. The number of aromatic carboxylic acids is 1. The molecule has 0 radical (unpaired) electrons. The van der Waals surface area contributed by atoms with Crippen LogP contribution in [-0.2, 0) is 12.8 Å². The van der Waals surface area contributed by atoms with Gasteiger partial charge in [0.25, 0.3) is 5.56 Å². The van der Waals surface area contributed by atoms with Crippen molar-refractivity contribution < 1.29 is 15.0 Å². The number of aromatic nitrogens is 2. The Morgan fingerprint density at radius 1 is 1.00 bits per heavy atom. The first-order chi connectivity index (χ1) is 16.8. The van der Waals surface area contributed by atoms with Gasteiger partial charge in [0.1, 0.15) is 11.4 Å². The molecule has 4 rings (SSSR count). The molecule has 3 aromatic carbocycles. The fourth-order valence-corrected chi connectivity index (χ4v) is 4.20. The summed E-state index contributed by atoms with van der Waals surface area (Å²) >= 11 is 12.5. The topological polar surface area (TPSA) is 120 Å². The van der Waals surface area contributed by atoms with Crippen LogP contribution >= 0.6 is 23.2 Å². The third-order valence-corrected chi connectivity index (χ3v) is 6.16. The molecule has 0 aliphatic carbocycles. The minimum absolute atomic E-state index is 0.0402. The summed E-state index contributed by atoms with van der Waals surface area (Å²) in [4.78, 5) is 24.2. The third kappa shape index (κ3) is 5.13. The lowest BCUT2D eigenvalue weighted by Gasteiger charge is -2.09. The van der Waals surface area contributed by atoms with E-state index >= 15 is 0 Å². The van der Waals surface area contributed by atoms with Crippen molar-refractivity contribution in [2.24, 2.45) is 10.2 Å². The fraction of sp³-hybridized carbons (Fsp3) is 0.120. The predicted molar refractivity (Wildman–Crippen MR) is 134 cm³/mol. The van der Waals surface area contributed by atoms with Crippen LogP contribution in [0.1, 0.15) is 27.2 Å². The lowest BCUT2D eigenvalue weighted by Crippen LogP contribution is -2.14. The number of phenolic OH excluding ortho intramolecular Hbond substituents is 1. The van der Waals surface area contributed by atoms with Crippen molar-refractivity contribution in [3.8, 4) is 11.4 Å². The standard InChI is InChI=1S/C25H20Cl2N4O4/c1-14-22(24(33)31(30-14)17-7-2-6-16(13-17)25(34)35)29-28-21-10-3-5-15(23(21)32)11-12-18-19(26)8-4-9-20(18)27/h2-10,13,30,32H,11-12H2,1H3,(H,34,35). The molecule has 0 spiro atoms. The van der Waals surface area contributed by atoms with Crippen LogP contribution in [0.15, 0.2) is 75.7 Å². The SMILES string of the molecule is Cc1[nH]n(-c2cccc(C(=O)O)c2)c(=O)c1N=Nc1cccc(CCc2c(Cl)cccc2Cl)c1O. The van der Waals surface area contributed by atoms with Gasteiger partial charge in [-0.25, -0.2) is 9.48 Å². The maximum absolute atomic E-state index is 12.9. The van der Waals surface area contributed by atoms with Crippen molar-refractivity contribution in [2.75, 3.05) is 0 Å². The molecule has 4 aromatic rings. The van der Waals surface area contributed by atoms with Crippen molar-refractivity contribution in [1.29, 1.82) is 0 Å². The van der Waals surface area contributed by atoms with Crippen molar-refractivity contribution in [1.82, 2.24) is 9.78 Å². The average Bonchev–Trinajstić information content (AvgIpc) is 3.12. The number of H-pyrrole nitrogens is 1. The van der Waals surface area contributed by atoms with Gasteiger partial charge in [0.05, 0.1) is 16.9 Å². The quantitative estimate of drug-likeness (QED) is 0.249. The molecular weight excluding hydrogens is 491 g/mol. The molecule has 0 bridgehead atoms. The highest BCUT2D eigenvalue weighted by Gasteiger charge is 2.15. The number of aryl methyl sites for hydroxylation is 2. The summed E-state index contributed by atoms with van der Waals surface area (Å²) in [6, 6.07) is 16.3. The molecule has 0 amide bonds. The van der Waals surface area contributed by atoms with E-state index in [1.165, 1.54) is 16.8 Å². The van der Waals surface area contributed by atoms with Gasteiger partial charge < -0.3 is 10.2 Å². The number of aromatic amines is 1. The van der Waals surface area contributed by atoms with Gasteiger partial charge in [-0.05, 0) is 67.3 Å². The molecule has 178 valence electrons. The molecule has 0 aliphatic rings. The van der Waals surface area contributed by atoms with Crippen molar-refractivity contribution in [3.63, 3.8) is 0 Å². The normalized spacial score (nSPS) is 11.3. The first kappa shape index (κ1) is 24.3. The van der Waals surface area contributed by atoms with Crippen LogP contribution in [0.2, 0.25) is 10.0 Å². The maximum atomic E-state index is 12.9. The van der Waals surface area contributed by atoms with Gasteiger partial charge in [-0.3, -0.25) is 9.89 Å². The number of hydrogen-bond acceptors (Lipinski definition) is 5. The van der Waals surface area contributed by atoms with Crippen LogP contribution in [0.3, 0.4) is 0 Å². The molecule has 0 aliphatic heterocycles. The molecule has 8 nitrogen and oxygen atoms in total. The Bertz CT molecular complexity index is 1490.